The SMILES string of the molecule is CCCC(=O)Nc1ccc(CNC(=O)C(C)C(N)c2ccccc2)cc1.Cl. The molecule has 0 fully saturated rings. The van der Waals surface area contributed by atoms with Crippen LogP contribution in [0.25, 0.3) is 0 Å². The lowest BCUT2D eigenvalue weighted by Crippen LogP contribution is -2.35. The molecule has 2 rings (SSSR count). The van der Waals surface area contributed by atoms with Crippen LogP contribution < -0.4 is 16.4 Å². The Morgan fingerprint density at radius 3 is 2.26 bits per heavy atom. The van der Waals surface area contributed by atoms with E-state index in [9.17, 15) is 9.59 Å². The van der Waals surface area contributed by atoms with E-state index in [1.807, 2.05) is 68.4 Å². The zero-order valence-corrected chi connectivity index (χ0v) is 16.6. The molecular weight excluding hydrogens is 362 g/mol. The Hall–Kier alpha value is -2.37. The highest BCUT2D eigenvalue weighted by atomic mass is 35.5. The fourth-order valence-corrected chi connectivity index (χ4v) is 2.63. The summed E-state index contributed by atoms with van der Waals surface area (Å²) < 4.78 is 0. The molecule has 0 aromatic heterocycles. The Morgan fingerprint density at radius 1 is 1.04 bits per heavy atom. The molecule has 2 aromatic carbocycles. The van der Waals surface area contributed by atoms with Gasteiger partial charge in [-0.2, -0.15) is 0 Å². The number of benzene rings is 2. The number of hydrogen-bond acceptors (Lipinski definition) is 3. The molecule has 0 bridgehead atoms. The van der Waals surface area contributed by atoms with E-state index in [1.165, 1.54) is 0 Å². The molecule has 0 aliphatic carbocycles. The Kier molecular flexibility index (Phi) is 9.54. The van der Waals surface area contributed by atoms with Gasteiger partial charge in [-0.1, -0.05) is 56.3 Å². The molecule has 27 heavy (non-hydrogen) atoms. The van der Waals surface area contributed by atoms with E-state index in [1.54, 1.807) is 0 Å². The number of carbonyl (C=O) groups is 2. The van der Waals surface area contributed by atoms with Crippen molar-refractivity contribution in [1.29, 1.82) is 0 Å². The van der Waals surface area contributed by atoms with Gasteiger partial charge in [0, 0.05) is 24.7 Å². The molecule has 4 N–H and O–H groups in total. The third kappa shape index (κ3) is 7.04. The summed E-state index contributed by atoms with van der Waals surface area (Å²) in [6.45, 7) is 4.23. The fourth-order valence-electron chi connectivity index (χ4n) is 2.63. The van der Waals surface area contributed by atoms with E-state index >= 15 is 0 Å². The van der Waals surface area contributed by atoms with Crippen LogP contribution in [0.3, 0.4) is 0 Å². The number of rotatable bonds is 8. The van der Waals surface area contributed by atoms with Gasteiger partial charge in [-0.05, 0) is 29.7 Å². The number of hydrogen-bond donors (Lipinski definition) is 3. The first-order valence-corrected chi connectivity index (χ1v) is 8.98. The van der Waals surface area contributed by atoms with E-state index in [-0.39, 0.29) is 36.2 Å². The van der Waals surface area contributed by atoms with E-state index in [2.05, 4.69) is 10.6 Å². The summed E-state index contributed by atoms with van der Waals surface area (Å²) in [5, 5.41) is 5.77. The van der Waals surface area contributed by atoms with Crippen LogP contribution in [0.4, 0.5) is 5.69 Å². The molecule has 0 spiro atoms. The van der Waals surface area contributed by atoms with E-state index in [0.717, 1.165) is 23.2 Å². The minimum absolute atomic E-state index is 0. The van der Waals surface area contributed by atoms with Crippen molar-refractivity contribution in [3.8, 4) is 0 Å². The smallest absolute Gasteiger partial charge is 0.225 e. The molecule has 0 saturated carbocycles. The van der Waals surface area contributed by atoms with Gasteiger partial charge >= 0.3 is 0 Å². The highest BCUT2D eigenvalue weighted by Crippen LogP contribution is 2.19. The number of carbonyl (C=O) groups excluding carboxylic acids is 2. The summed E-state index contributed by atoms with van der Waals surface area (Å²) in [6, 6.07) is 16.7. The third-order valence-electron chi connectivity index (χ3n) is 4.32. The molecule has 2 unspecified atom stereocenters. The summed E-state index contributed by atoms with van der Waals surface area (Å²) in [6.07, 6.45) is 1.33. The molecule has 2 atom stereocenters. The monoisotopic (exact) mass is 389 g/mol. The van der Waals surface area contributed by atoms with Crippen LogP contribution in [0.1, 0.15) is 43.9 Å². The topological polar surface area (TPSA) is 84.2 Å². The predicted molar refractivity (Wildman–Crippen MR) is 112 cm³/mol. The molecule has 0 radical (unpaired) electrons. The fraction of sp³-hybridized carbons (Fsp3) is 0.333. The Labute approximate surface area is 167 Å². The van der Waals surface area contributed by atoms with Crippen molar-refractivity contribution in [2.75, 3.05) is 5.32 Å². The van der Waals surface area contributed by atoms with Crippen LogP contribution in [0.15, 0.2) is 54.6 Å². The zero-order valence-electron chi connectivity index (χ0n) is 15.8. The van der Waals surface area contributed by atoms with Crippen LogP contribution in [-0.2, 0) is 16.1 Å². The molecular formula is C21H28ClN3O2. The average molecular weight is 390 g/mol. The number of amides is 2. The van der Waals surface area contributed by atoms with Crippen LogP contribution >= 0.6 is 12.4 Å². The van der Waals surface area contributed by atoms with Crippen molar-refractivity contribution < 1.29 is 9.59 Å². The number of halogens is 1. The van der Waals surface area contributed by atoms with Gasteiger partial charge in [-0.3, -0.25) is 9.59 Å². The van der Waals surface area contributed by atoms with Crippen molar-refractivity contribution in [3.05, 3.63) is 65.7 Å². The standard InChI is InChI=1S/C21H27N3O2.ClH/c1-3-7-19(25)24-18-12-10-16(11-13-18)14-23-21(26)15(2)20(22)17-8-5-4-6-9-17;/h4-6,8-13,15,20H,3,7,14,22H2,1-2H3,(H,23,26)(H,24,25);1H. The molecule has 146 valence electrons. The lowest BCUT2D eigenvalue weighted by Gasteiger charge is -2.20. The number of nitrogens with one attached hydrogen (secondary N) is 2. The zero-order chi connectivity index (χ0) is 18.9. The van der Waals surface area contributed by atoms with Crippen LogP contribution in [-0.4, -0.2) is 11.8 Å². The van der Waals surface area contributed by atoms with E-state index in [0.29, 0.717) is 13.0 Å². The van der Waals surface area contributed by atoms with Crippen LogP contribution in [0, 0.1) is 5.92 Å². The predicted octanol–water partition coefficient (Wildman–Crippen LogP) is 3.80. The second-order valence-electron chi connectivity index (χ2n) is 6.44. The second kappa shape index (κ2) is 11.4. The largest absolute Gasteiger partial charge is 0.352 e. The Balaban J connectivity index is 0.00000364. The van der Waals surface area contributed by atoms with Crippen molar-refractivity contribution in [1.82, 2.24) is 5.32 Å². The average Bonchev–Trinajstić information content (AvgIpc) is 2.67. The maximum Gasteiger partial charge on any atom is 0.225 e. The highest BCUT2D eigenvalue weighted by molar-refractivity contribution is 5.90. The number of nitrogens with two attached hydrogens (primary N) is 1. The summed E-state index contributed by atoms with van der Waals surface area (Å²) in [5.74, 6) is -0.399. The molecule has 6 heteroatoms. The summed E-state index contributed by atoms with van der Waals surface area (Å²) in [4.78, 5) is 24.0. The highest BCUT2D eigenvalue weighted by Gasteiger charge is 2.21. The molecule has 0 aliphatic heterocycles. The van der Waals surface area contributed by atoms with Crippen molar-refractivity contribution in [3.63, 3.8) is 0 Å². The lowest BCUT2D eigenvalue weighted by atomic mass is 9.94. The molecule has 0 heterocycles. The van der Waals surface area contributed by atoms with Gasteiger partial charge in [-0.25, -0.2) is 0 Å². The van der Waals surface area contributed by atoms with Gasteiger partial charge < -0.3 is 16.4 Å². The molecule has 5 nitrogen and oxygen atoms in total. The summed E-state index contributed by atoms with van der Waals surface area (Å²) in [7, 11) is 0. The maximum absolute atomic E-state index is 12.4. The van der Waals surface area contributed by atoms with Crippen molar-refractivity contribution in [2.24, 2.45) is 11.7 Å². The first kappa shape index (κ1) is 22.7. The van der Waals surface area contributed by atoms with Gasteiger partial charge in [0.2, 0.25) is 11.8 Å². The molecule has 0 aliphatic rings. The van der Waals surface area contributed by atoms with Gasteiger partial charge in [0.05, 0.1) is 5.92 Å². The van der Waals surface area contributed by atoms with E-state index in [4.69, 9.17) is 5.73 Å². The van der Waals surface area contributed by atoms with Crippen LogP contribution in [0.2, 0.25) is 0 Å². The van der Waals surface area contributed by atoms with Crippen LogP contribution in [0.5, 0.6) is 0 Å². The van der Waals surface area contributed by atoms with Crippen molar-refractivity contribution in [2.45, 2.75) is 39.3 Å². The molecule has 2 amide bonds. The number of anilines is 1. The van der Waals surface area contributed by atoms with Gasteiger partial charge in [0.25, 0.3) is 0 Å². The van der Waals surface area contributed by atoms with Gasteiger partial charge in [-0.15, -0.1) is 12.4 Å². The minimum Gasteiger partial charge on any atom is -0.352 e. The summed E-state index contributed by atoms with van der Waals surface area (Å²) in [5.41, 5.74) is 8.87. The minimum atomic E-state index is -0.340. The Bertz CT molecular complexity index is 720. The molecule has 2 aromatic rings. The van der Waals surface area contributed by atoms with Gasteiger partial charge in [0.1, 0.15) is 0 Å². The van der Waals surface area contributed by atoms with Gasteiger partial charge in [0.15, 0.2) is 0 Å². The maximum atomic E-state index is 12.4. The molecule has 0 saturated heterocycles. The second-order valence-corrected chi connectivity index (χ2v) is 6.44. The first-order valence-electron chi connectivity index (χ1n) is 8.98. The first-order chi connectivity index (χ1) is 12.5. The van der Waals surface area contributed by atoms with Crippen molar-refractivity contribution >= 4 is 29.9 Å². The Morgan fingerprint density at radius 2 is 1.67 bits per heavy atom. The quantitative estimate of drug-likeness (QED) is 0.642. The lowest BCUT2D eigenvalue weighted by molar-refractivity contribution is -0.125. The third-order valence-corrected chi connectivity index (χ3v) is 4.32. The summed E-state index contributed by atoms with van der Waals surface area (Å²) >= 11 is 0. The van der Waals surface area contributed by atoms with E-state index < -0.39 is 0 Å². The normalized spacial score (nSPS) is 12.4.